The van der Waals surface area contributed by atoms with Crippen molar-refractivity contribution in [2.45, 2.75) is 18.9 Å². The zero-order valence-corrected chi connectivity index (χ0v) is 15.5. The molecule has 0 heterocycles. The first-order chi connectivity index (χ1) is 12.8. The third-order valence-electron chi connectivity index (χ3n) is 3.89. The van der Waals surface area contributed by atoms with Gasteiger partial charge < -0.3 is 19.9 Å². The second kappa shape index (κ2) is 9.23. The summed E-state index contributed by atoms with van der Waals surface area (Å²) in [7, 11) is 2.95. The Morgan fingerprint density at radius 1 is 1.15 bits per heavy atom. The number of carboxylic acid groups (broad SMARTS) is 1. The van der Waals surface area contributed by atoms with Crippen LogP contribution in [-0.2, 0) is 16.0 Å². The molecule has 2 aromatic rings. The average molecular weight is 396 g/mol. The molecular weight excluding hydrogens is 377 g/mol. The zero-order valence-electron chi connectivity index (χ0n) is 14.8. The highest BCUT2D eigenvalue weighted by Crippen LogP contribution is 2.31. The average Bonchev–Trinajstić information content (AvgIpc) is 2.62. The smallest absolute Gasteiger partial charge is 0.305 e. The number of carbonyl (C=O) groups is 2. The molecule has 0 aromatic heterocycles. The number of nitrogens with one attached hydrogen (secondary N) is 1. The van der Waals surface area contributed by atoms with Crippen LogP contribution < -0.4 is 14.8 Å². The number of halogens is 2. The van der Waals surface area contributed by atoms with Crippen LogP contribution in [0, 0.1) is 5.82 Å². The Morgan fingerprint density at radius 3 is 2.44 bits per heavy atom. The fourth-order valence-corrected chi connectivity index (χ4v) is 2.81. The van der Waals surface area contributed by atoms with Crippen molar-refractivity contribution >= 4 is 23.5 Å². The number of ether oxygens (including phenoxy) is 2. The van der Waals surface area contributed by atoms with E-state index in [-0.39, 0.29) is 17.9 Å². The van der Waals surface area contributed by atoms with Gasteiger partial charge in [-0.1, -0.05) is 23.7 Å². The number of rotatable bonds is 8. The van der Waals surface area contributed by atoms with Crippen LogP contribution in [0.15, 0.2) is 36.4 Å². The van der Waals surface area contributed by atoms with Gasteiger partial charge in [-0.2, -0.15) is 0 Å². The Bertz CT molecular complexity index is 843. The summed E-state index contributed by atoms with van der Waals surface area (Å²) >= 11 is 5.94. The molecule has 0 radical (unpaired) electrons. The maximum absolute atomic E-state index is 13.1. The number of aliphatic carboxylic acids is 1. The van der Waals surface area contributed by atoms with Crippen molar-refractivity contribution < 1.29 is 28.6 Å². The standard InChI is InChI=1S/C19H19ClFNO5/c1-26-16-6-4-12(7-17(16)27-2)15(10-19(24)25)22-18(23)8-11-3-5-13(21)9-14(11)20/h3-7,9,15H,8,10H2,1-2H3,(H,22,23)(H,24,25). The Labute approximate surface area is 160 Å². The molecule has 1 amide bonds. The maximum atomic E-state index is 13.1. The van der Waals surface area contributed by atoms with Gasteiger partial charge in [0, 0.05) is 5.02 Å². The number of methoxy groups -OCH3 is 2. The summed E-state index contributed by atoms with van der Waals surface area (Å²) in [5.41, 5.74) is 0.991. The molecule has 0 aliphatic carbocycles. The molecule has 0 fully saturated rings. The second-order valence-electron chi connectivity index (χ2n) is 5.74. The fraction of sp³-hybridized carbons (Fsp3) is 0.263. The highest BCUT2D eigenvalue weighted by molar-refractivity contribution is 6.31. The van der Waals surface area contributed by atoms with E-state index in [1.165, 1.54) is 26.4 Å². The molecule has 1 atom stereocenters. The van der Waals surface area contributed by atoms with Gasteiger partial charge in [0.1, 0.15) is 5.82 Å². The van der Waals surface area contributed by atoms with Crippen LogP contribution >= 0.6 is 11.6 Å². The normalized spacial score (nSPS) is 11.6. The van der Waals surface area contributed by atoms with Crippen molar-refractivity contribution in [2.24, 2.45) is 0 Å². The van der Waals surface area contributed by atoms with Crippen LogP contribution in [0.3, 0.4) is 0 Å². The molecule has 6 nitrogen and oxygen atoms in total. The molecular formula is C19H19ClFNO5. The highest BCUT2D eigenvalue weighted by atomic mass is 35.5. The molecule has 0 bridgehead atoms. The van der Waals surface area contributed by atoms with Gasteiger partial charge in [-0.3, -0.25) is 9.59 Å². The van der Waals surface area contributed by atoms with E-state index in [0.717, 1.165) is 6.07 Å². The Hall–Kier alpha value is -2.80. The van der Waals surface area contributed by atoms with Gasteiger partial charge in [0.2, 0.25) is 5.91 Å². The second-order valence-corrected chi connectivity index (χ2v) is 6.15. The van der Waals surface area contributed by atoms with Gasteiger partial charge in [0.05, 0.1) is 33.1 Å². The lowest BCUT2D eigenvalue weighted by Crippen LogP contribution is -2.31. The van der Waals surface area contributed by atoms with E-state index in [4.69, 9.17) is 21.1 Å². The largest absolute Gasteiger partial charge is 0.493 e. The van der Waals surface area contributed by atoms with E-state index in [2.05, 4.69) is 5.32 Å². The lowest BCUT2D eigenvalue weighted by atomic mass is 10.0. The number of hydrogen-bond acceptors (Lipinski definition) is 4. The van der Waals surface area contributed by atoms with Gasteiger partial charge >= 0.3 is 5.97 Å². The van der Waals surface area contributed by atoms with E-state index in [1.807, 2.05) is 0 Å². The lowest BCUT2D eigenvalue weighted by Gasteiger charge is -2.19. The van der Waals surface area contributed by atoms with Crippen LogP contribution in [0.5, 0.6) is 11.5 Å². The van der Waals surface area contributed by atoms with Crippen molar-refractivity contribution in [1.29, 1.82) is 0 Å². The summed E-state index contributed by atoms with van der Waals surface area (Å²) in [5, 5.41) is 12.0. The number of carboxylic acids is 1. The molecule has 0 aliphatic rings. The summed E-state index contributed by atoms with van der Waals surface area (Å²) in [6, 6.07) is 7.85. The minimum absolute atomic E-state index is 0.109. The van der Waals surface area contributed by atoms with Gasteiger partial charge in [-0.25, -0.2) is 4.39 Å². The van der Waals surface area contributed by atoms with Crippen LogP contribution in [0.1, 0.15) is 23.6 Å². The number of amides is 1. The first-order valence-corrected chi connectivity index (χ1v) is 8.38. The number of hydrogen-bond donors (Lipinski definition) is 2. The minimum atomic E-state index is -1.07. The van der Waals surface area contributed by atoms with E-state index in [1.54, 1.807) is 18.2 Å². The van der Waals surface area contributed by atoms with E-state index < -0.39 is 23.7 Å². The third-order valence-corrected chi connectivity index (χ3v) is 4.24. The monoisotopic (exact) mass is 395 g/mol. The van der Waals surface area contributed by atoms with Crippen molar-refractivity contribution in [3.8, 4) is 11.5 Å². The quantitative estimate of drug-likeness (QED) is 0.715. The molecule has 27 heavy (non-hydrogen) atoms. The molecule has 1 unspecified atom stereocenters. The number of benzene rings is 2. The van der Waals surface area contributed by atoms with E-state index >= 15 is 0 Å². The minimum Gasteiger partial charge on any atom is -0.493 e. The molecule has 0 aliphatic heterocycles. The summed E-state index contributed by atoms with van der Waals surface area (Å²) in [5.74, 6) is -1.11. The first kappa shape index (κ1) is 20.5. The van der Waals surface area contributed by atoms with Gasteiger partial charge in [0.25, 0.3) is 0 Å². The summed E-state index contributed by atoms with van der Waals surface area (Å²) < 4.78 is 23.5. The lowest BCUT2D eigenvalue weighted by molar-refractivity contribution is -0.137. The van der Waals surface area contributed by atoms with Gasteiger partial charge in [-0.05, 0) is 35.4 Å². The van der Waals surface area contributed by atoms with E-state index in [9.17, 15) is 19.1 Å². The highest BCUT2D eigenvalue weighted by Gasteiger charge is 2.20. The van der Waals surface area contributed by atoms with Crippen LogP contribution in [0.4, 0.5) is 4.39 Å². The molecule has 2 rings (SSSR count). The zero-order chi connectivity index (χ0) is 20.0. The Morgan fingerprint density at radius 2 is 1.85 bits per heavy atom. The predicted octanol–water partition coefficient (Wildman–Crippen LogP) is 3.37. The first-order valence-electron chi connectivity index (χ1n) is 8.01. The summed E-state index contributed by atoms with van der Waals surface area (Å²) in [6.07, 6.45) is -0.430. The van der Waals surface area contributed by atoms with Crippen molar-refractivity contribution in [3.05, 3.63) is 58.4 Å². The Kier molecular flexibility index (Phi) is 7.01. The van der Waals surface area contributed by atoms with Crippen LogP contribution in [-0.4, -0.2) is 31.2 Å². The summed E-state index contributed by atoms with van der Waals surface area (Å²) in [4.78, 5) is 23.6. The SMILES string of the molecule is COc1ccc(C(CC(=O)O)NC(=O)Cc2ccc(F)cc2Cl)cc1OC. The van der Waals surface area contributed by atoms with E-state index in [0.29, 0.717) is 22.6 Å². The van der Waals surface area contributed by atoms with Crippen molar-refractivity contribution in [3.63, 3.8) is 0 Å². The fourth-order valence-electron chi connectivity index (χ4n) is 2.58. The molecule has 0 saturated heterocycles. The molecule has 2 N–H and O–H groups in total. The van der Waals surface area contributed by atoms with Crippen LogP contribution in [0.2, 0.25) is 5.02 Å². The van der Waals surface area contributed by atoms with Crippen molar-refractivity contribution in [2.75, 3.05) is 14.2 Å². The third kappa shape index (κ3) is 5.59. The molecule has 144 valence electrons. The van der Waals surface area contributed by atoms with Crippen molar-refractivity contribution in [1.82, 2.24) is 5.32 Å². The molecule has 0 saturated carbocycles. The van der Waals surface area contributed by atoms with Gasteiger partial charge in [0.15, 0.2) is 11.5 Å². The summed E-state index contributed by atoms with van der Waals surface area (Å²) in [6.45, 7) is 0. The molecule has 0 spiro atoms. The molecule has 2 aromatic carbocycles. The van der Waals surface area contributed by atoms with Crippen LogP contribution in [0.25, 0.3) is 0 Å². The topological polar surface area (TPSA) is 84.9 Å². The predicted molar refractivity (Wildman–Crippen MR) is 97.8 cm³/mol. The number of carbonyl (C=O) groups excluding carboxylic acids is 1. The molecule has 8 heteroatoms. The maximum Gasteiger partial charge on any atom is 0.305 e. The van der Waals surface area contributed by atoms with Gasteiger partial charge in [-0.15, -0.1) is 0 Å². The Balaban J connectivity index is 2.21.